The third-order valence-electron chi connectivity index (χ3n) is 2.21. The number of nitrogens with two attached hydrogens (primary N) is 1. The van der Waals surface area contributed by atoms with E-state index in [1.165, 1.54) is 0 Å². The molecule has 0 aromatic carbocycles. The molecule has 0 rings (SSSR count). The van der Waals surface area contributed by atoms with Crippen LogP contribution in [0.15, 0.2) is 12.7 Å². The normalized spacial score (nSPS) is 15.3. The van der Waals surface area contributed by atoms with Crippen molar-refractivity contribution in [3.8, 4) is 0 Å². The van der Waals surface area contributed by atoms with Gasteiger partial charge in [-0.05, 0) is 11.8 Å². The highest BCUT2D eigenvalue weighted by atomic mass is 16.5. The molecule has 0 amide bonds. The summed E-state index contributed by atoms with van der Waals surface area (Å²) < 4.78 is 10.2. The number of methoxy groups -OCH3 is 1. The molecule has 0 aromatic heterocycles. The van der Waals surface area contributed by atoms with E-state index in [0.29, 0.717) is 26.4 Å². The van der Waals surface area contributed by atoms with Crippen molar-refractivity contribution in [3.05, 3.63) is 12.7 Å². The Bertz CT molecular complexity index is 139. The lowest BCUT2D eigenvalue weighted by atomic mass is 9.88. The van der Waals surface area contributed by atoms with Crippen LogP contribution in [0.4, 0.5) is 0 Å². The minimum absolute atomic E-state index is 0.00702. The molecule has 0 spiro atoms. The second-order valence-electron chi connectivity index (χ2n) is 3.42. The Balaban J connectivity index is 3.44. The van der Waals surface area contributed by atoms with Crippen molar-refractivity contribution in [2.24, 2.45) is 11.1 Å². The Morgan fingerprint density at radius 2 is 2.08 bits per heavy atom. The molecule has 3 heteroatoms. The Labute approximate surface area is 80.9 Å². The van der Waals surface area contributed by atoms with Crippen molar-refractivity contribution in [1.29, 1.82) is 0 Å². The van der Waals surface area contributed by atoms with E-state index in [-0.39, 0.29) is 5.41 Å². The van der Waals surface area contributed by atoms with Crippen LogP contribution in [0.25, 0.3) is 0 Å². The van der Waals surface area contributed by atoms with Gasteiger partial charge < -0.3 is 15.2 Å². The number of hydrogen-bond donors (Lipinski definition) is 1. The van der Waals surface area contributed by atoms with E-state index in [0.717, 1.165) is 6.42 Å². The van der Waals surface area contributed by atoms with E-state index in [9.17, 15) is 0 Å². The molecule has 0 radical (unpaired) electrons. The fourth-order valence-corrected chi connectivity index (χ4v) is 0.837. The summed E-state index contributed by atoms with van der Waals surface area (Å²) in [6.45, 7) is 8.46. The Kier molecular flexibility index (Phi) is 6.86. The first-order chi connectivity index (χ1) is 6.18. The smallest absolute Gasteiger partial charge is 0.0700 e. The van der Waals surface area contributed by atoms with E-state index < -0.39 is 0 Å². The van der Waals surface area contributed by atoms with Gasteiger partial charge in [-0.1, -0.05) is 13.0 Å². The van der Waals surface area contributed by atoms with Crippen molar-refractivity contribution in [3.63, 3.8) is 0 Å². The van der Waals surface area contributed by atoms with Crippen LogP contribution in [0, 0.1) is 5.41 Å². The van der Waals surface area contributed by atoms with Gasteiger partial charge in [-0.25, -0.2) is 0 Å². The standard InChI is InChI=1S/C10H21NO2/c1-4-10(2,9-11)5-6-13-8-7-12-3/h4H,1,5-9,11H2,2-3H3. The highest BCUT2D eigenvalue weighted by molar-refractivity contribution is 4.91. The van der Waals surface area contributed by atoms with Crippen LogP contribution >= 0.6 is 0 Å². The maximum absolute atomic E-state index is 5.61. The first-order valence-electron chi connectivity index (χ1n) is 4.59. The topological polar surface area (TPSA) is 44.5 Å². The summed E-state index contributed by atoms with van der Waals surface area (Å²) in [5, 5.41) is 0. The van der Waals surface area contributed by atoms with Crippen LogP contribution in [0.3, 0.4) is 0 Å². The first kappa shape index (κ1) is 12.6. The number of rotatable bonds is 8. The fourth-order valence-electron chi connectivity index (χ4n) is 0.837. The SMILES string of the molecule is C=CC(C)(CN)CCOCCOC. The number of hydrogen-bond acceptors (Lipinski definition) is 3. The molecule has 2 N–H and O–H groups in total. The van der Waals surface area contributed by atoms with Gasteiger partial charge in [0.2, 0.25) is 0 Å². The zero-order valence-corrected chi connectivity index (χ0v) is 8.71. The Hall–Kier alpha value is -0.380. The summed E-state index contributed by atoms with van der Waals surface area (Å²) in [6, 6.07) is 0. The average molecular weight is 187 g/mol. The van der Waals surface area contributed by atoms with Gasteiger partial charge in [-0.3, -0.25) is 0 Å². The van der Waals surface area contributed by atoms with Crippen molar-refractivity contribution in [1.82, 2.24) is 0 Å². The predicted molar refractivity (Wildman–Crippen MR) is 54.7 cm³/mol. The van der Waals surface area contributed by atoms with Crippen LogP contribution in [0.2, 0.25) is 0 Å². The third kappa shape index (κ3) is 5.80. The molecule has 0 heterocycles. The Morgan fingerprint density at radius 1 is 1.38 bits per heavy atom. The summed E-state index contributed by atoms with van der Waals surface area (Å²) in [6.07, 6.45) is 2.81. The molecule has 0 bridgehead atoms. The van der Waals surface area contributed by atoms with E-state index in [1.54, 1.807) is 7.11 Å². The summed E-state index contributed by atoms with van der Waals surface area (Å²) in [4.78, 5) is 0. The van der Waals surface area contributed by atoms with Crippen molar-refractivity contribution >= 4 is 0 Å². The van der Waals surface area contributed by atoms with Crippen LogP contribution in [-0.2, 0) is 9.47 Å². The highest BCUT2D eigenvalue weighted by Crippen LogP contribution is 2.20. The summed E-state index contributed by atoms with van der Waals surface area (Å²) in [5.41, 5.74) is 5.61. The zero-order valence-electron chi connectivity index (χ0n) is 8.71. The van der Waals surface area contributed by atoms with Gasteiger partial charge in [0.15, 0.2) is 0 Å². The molecule has 3 nitrogen and oxygen atoms in total. The van der Waals surface area contributed by atoms with Gasteiger partial charge in [0.1, 0.15) is 0 Å². The summed E-state index contributed by atoms with van der Waals surface area (Å²) in [7, 11) is 1.66. The van der Waals surface area contributed by atoms with Gasteiger partial charge in [-0.15, -0.1) is 6.58 Å². The van der Waals surface area contributed by atoms with Crippen LogP contribution in [-0.4, -0.2) is 33.5 Å². The second-order valence-corrected chi connectivity index (χ2v) is 3.42. The lowest BCUT2D eigenvalue weighted by Crippen LogP contribution is -2.26. The molecular weight excluding hydrogens is 166 g/mol. The van der Waals surface area contributed by atoms with E-state index >= 15 is 0 Å². The van der Waals surface area contributed by atoms with Gasteiger partial charge >= 0.3 is 0 Å². The van der Waals surface area contributed by atoms with Gasteiger partial charge in [0.05, 0.1) is 13.2 Å². The molecular formula is C10H21NO2. The minimum Gasteiger partial charge on any atom is -0.382 e. The molecule has 78 valence electrons. The molecule has 1 unspecified atom stereocenters. The van der Waals surface area contributed by atoms with E-state index in [1.807, 2.05) is 6.08 Å². The molecule has 0 saturated carbocycles. The van der Waals surface area contributed by atoms with E-state index in [4.69, 9.17) is 15.2 Å². The molecule has 1 atom stereocenters. The highest BCUT2D eigenvalue weighted by Gasteiger charge is 2.17. The van der Waals surface area contributed by atoms with Gasteiger partial charge in [0.25, 0.3) is 0 Å². The lowest BCUT2D eigenvalue weighted by molar-refractivity contribution is 0.0598. The number of ether oxygens (including phenoxy) is 2. The third-order valence-corrected chi connectivity index (χ3v) is 2.21. The molecule has 0 saturated heterocycles. The molecule has 0 fully saturated rings. The Morgan fingerprint density at radius 3 is 2.54 bits per heavy atom. The quantitative estimate of drug-likeness (QED) is 0.458. The maximum atomic E-state index is 5.61. The maximum Gasteiger partial charge on any atom is 0.0700 e. The first-order valence-corrected chi connectivity index (χ1v) is 4.59. The second kappa shape index (κ2) is 7.06. The molecule has 0 aliphatic heterocycles. The lowest BCUT2D eigenvalue weighted by Gasteiger charge is -2.23. The van der Waals surface area contributed by atoms with Crippen molar-refractivity contribution in [2.45, 2.75) is 13.3 Å². The molecule has 0 aliphatic rings. The molecule has 0 aliphatic carbocycles. The van der Waals surface area contributed by atoms with E-state index in [2.05, 4.69) is 13.5 Å². The van der Waals surface area contributed by atoms with Crippen LogP contribution in [0.1, 0.15) is 13.3 Å². The van der Waals surface area contributed by atoms with Crippen molar-refractivity contribution < 1.29 is 9.47 Å². The minimum atomic E-state index is 0.00702. The monoisotopic (exact) mass is 187 g/mol. The summed E-state index contributed by atoms with van der Waals surface area (Å²) >= 11 is 0. The summed E-state index contributed by atoms with van der Waals surface area (Å²) in [5.74, 6) is 0. The van der Waals surface area contributed by atoms with Crippen LogP contribution < -0.4 is 5.73 Å². The zero-order chi connectivity index (χ0) is 10.2. The van der Waals surface area contributed by atoms with Gasteiger partial charge in [0, 0.05) is 20.3 Å². The fraction of sp³-hybridized carbons (Fsp3) is 0.800. The molecule has 13 heavy (non-hydrogen) atoms. The largest absolute Gasteiger partial charge is 0.382 e. The van der Waals surface area contributed by atoms with Gasteiger partial charge in [-0.2, -0.15) is 0 Å². The van der Waals surface area contributed by atoms with Crippen molar-refractivity contribution in [2.75, 3.05) is 33.5 Å². The predicted octanol–water partition coefficient (Wildman–Crippen LogP) is 1.19. The average Bonchev–Trinajstić information content (AvgIpc) is 2.17. The molecule has 0 aromatic rings. The van der Waals surface area contributed by atoms with Crippen LogP contribution in [0.5, 0.6) is 0 Å².